The lowest BCUT2D eigenvalue weighted by molar-refractivity contribution is 0.559. The Morgan fingerprint density at radius 1 is 1.55 bits per heavy atom. The summed E-state index contributed by atoms with van der Waals surface area (Å²) < 4.78 is 0. The van der Waals surface area contributed by atoms with E-state index in [0.29, 0.717) is 0 Å². The molecule has 0 radical (unpaired) electrons. The molecule has 1 aliphatic carbocycles. The lowest BCUT2D eigenvalue weighted by Crippen LogP contribution is -2.31. The van der Waals surface area contributed by atoms with Gasteiger partial charge in [-0.3, -0.25) is 5.01 Å². The van der Waals surface area contributed by atoms with E-state index in [2.05, 4.69) is 11.1 Å². The molecule has 56 valence electrons. The first-order valence-corrected chi connectivity index (χ1v) is 3.51. The predicted molar refractivity (Wildman–Crippen MR) is 44.4 cm³/mol. The Morgan fingerprint density at radius 3 is 3.27 bits per heavy atom. The van der Waals surface area contributed by atoms with Gasteiger partial charge in [-0.1, -0.05) is 12.2 Å². The van der Waals surface area contributed by atoms with Crippen LogP contribution < -0.4 is 5.84 Å². The fourth-order valence-corrected chi connectivity index (χ4v) is 1.19. The van der Waals surface area contributed by atoms with Crippen molar-refractivity contribution in [2.45, 2.75) is 6.42 Å². The number of nitrogens with two attached hydrogens (primary N) is 1. The second kappa shape index (κ2) is 2.36. The maximum absolute atomic E-state index is 5.63. The van der Waals surface area contributed by atoms with E-state index in [1.807, 2.05) is 18.4 Å². The van der Waals surface area contributed by atoms with Crippen LogP contribution in [0.4, 0.5) is 0 Å². The van der Waals surface area contributed by atoms with Crippen molar-refractivity contribution in [2.24, 2.45) is 10.8 Å². The van der Waals surface area contributed by atoms with Gasteiger partial charge >= 0.3 is 0 Å². The Balaban J connectivity index is 2.41. The second-order valence-electron chi connectivity index (χ2n) is 2.51. The van der Waals surface area contributed by atoms with E-state index in [9.17, 15) is 0 Å². The van der Waals surface area contributed by atoms with Crippen LogP contribution in [0.25, 0.3) is 0 Å². The summed E-state index contributed by atoms with van der Waals surface area (Å²) >= 11 is 0. The molecule has 0 amide bonds. The van der Waals surface area contributed by atoms with E-state index >= 15 is 0 Å². The minimum Gasteiger partial charge on any atom is -0.268 e. The van der Waals surface area contributed by atoms with E-state index in [4.69, 9.17) is 5.84 Å². The third kappa shape index (κ3) is 0.991. The van der Waals surface area contributed by atoms with E-state index < -0.39 is 0 Å². The van der Waals surface area contributed by atoms with Crippen molar-refractivity contribution in [3.8, 4) is 0 Å². The molecule has 11 heavy (non-hydrogen) atoms. The molecule has 2 aliphatic rings. The zero-order valence-corrected chi connectivity index (χ0v) is 6.07. The maximum Gasteiger partial charge on any atom is 0.109 e. The molecule has 0 saturated carbocycles. The molecule has 0 aromatic rings. The summed E-state index contributed by atoms with van der Waals surface area (Å²) in [5.41, 5.74) is 2.22. The zero-order chi connectivity index (χ0) is 7.68. The van der Waals surface area contributed by atoms with Crippen LogP contribution >= 0.6 is 0 Å². The number of aliphatic imine (C=N–C) groups is 1. The molecule has 1 heterocycles. The summed E-state index contributed by atoms with van der Waals surface area (Å²) in [6.07, 6.45) is 10.5. The van der Waals surface area contributed by atoms with Crippen LogP contribution in [-0.4, -0.2) is 11.3 Å². The van der Waals surface area contributed by atoms with Crippen molar-refractivity contribution in [3.63, 3.8) is 0 Å². The Morgan fingerprint density at radius 2 is 2.45 bits per heavy atom. The highest BCUT2D eigenvalue weighted by molar-refractivity contribution is 5.64. The molecule has 0 bridgehead atoms. The van der Waals surface area contributed by atoms with Crippen LogP contribution in [0.15, 0.2) is 40.7 Å². The first kappa shape index (κ1) is 6.37. The highest BCUT2D eigenvalue weighted by Crippen LogP contribution is 2.22. The standard InChI is InChI=1S/C8H9N3/c9-11-6-10-5-7-3-1-2-4-8(7)11/h1-2,4-6H,3,9H2. The van der Waals surface area contributed by atoms with E-state index in [1.165, 1.54) is 5.57 Å². The van der Waals surface area contributed by atoms with Gasteiger partial charge in [0.1, 0.15) is 6.34 Å². The van der Waals surface area contributed by atoms with Crippen LogP contribution in [0.3, 0.4) is 0 Å². The van der Waals surface area contributed by atoms with Gasteiger partial charge in [-0.05, 0) is 18.1 Å². The molecule has 0 aromatic carbocycles. The molecule has 2 rings (SSSR count). The Bertz CT molecular complexity index is 284. The van der Waals surface area contributed by atoms with Crippen LogP contribution in [0.2, 0.25) is 0 Å². The molecule has 0 saturated heterocycles. The summed E-state index contributed by atoms with van der Waals surface area (Å²) in [6.45, 7) is 0. The van der Waals surface area contributed by atoms with Gasteiger partial charge in [-0.25, -0.2) is 10.8 Å². The van der Waals surface area contributed by atoms with Gasteiger partial charge < -0.3 is 0 Å². The average molecular weight is 147 g/mol. The van der Waals surface area contributed by atoms with Crippen molar-refractivity contribution in [1.82, 2.24) is 5.01 Å². The van der Waals surface area contributed by atoms with E-state index in [0.717, 1.165) is 12.1 Å². The van der Waals surface area contributed by atoms with Gasteiger partial charge in [0.25, 0.3) is 0 Å². The molecular weight excluding hydrogens is 138 g/mol. The van der Waals surface area contributed by atoms with Gasteiger partial charge in [-0.2, -0.15) is 0 Å². The van der Waals surface area contributed by atoms with Crippen LogP contribution in [0.5, 0.6) is 0 Å². The summed E-state index contributed by atoms with van der Waals surface area (Å²) in [6, 6.07) is 0. The number of hydrogen-bond acceptors (Lipinski definition) is 3. The van der Waals surface area contributed by atoms with Crippen LogP contribution in [-0.2, 0) is 0 Å². The molecule has 0 fully saturated rings. The third-order valence-corrected chi connectivity index (χ3v) is 1.76. The van der Waals surface area contributed by atoms with Crippen molar-refractivity contribution < 1.29 is 0 Å². The van der Waals surface area contributed by atoms with E-state index in [-0.39, 0.29) is 0 Å². The fraction of sp³-hybridized carbons (Fsp3) is 0.125. The summed E-state index contributed by atoms with van der Waals surface area (Å²) in [4.78, 5) is 3.98. The van der Waals surface area contributed by atoms with Crippen LogP contribution in [0, 0.1) is 0 Å². The normalized spacial score (nSPS) is 21.0. The maximum atomic E-state index is 5.63. The molecular formula is C8H9N3. The Kier molecular flexibility index (Phi) is 1.36. The lowest BCUT2D eigenvalue weighted by Gasteiger charge is -2.22. The second-order valence-corrected chi connectivity index (χ2v) is 2.51. The Hall–Kier alpha value is -1.35. The van der Waals surface area contributed by atoms with Gasteiger partial charge in [0, 0.05) is 6.20 Å². The summed E-state index contributed by atoms with van der Waals surface area (Å²) in [5, 5.41) is 1.54. The average Bonchev–Trinajstić information content (AvgIpc) is 2.06. The third-order valence-electron chi connectivity index (χ3n) is 1.76. The topological polar surface area (TPSA) is 41.6 Å². The number of rotatable bonds is 0. The minimum atomic E-state index is 0.927. The number of nitrogens with zero attached hydrogens (tertiary/aromatic N) is 2. The van der Waals surface area contributed by atoms with Gasteiger partial charge in [0.05, 0.1) is 5.70 Å². The Labute approximate surface area is 65.2 Å². The van der Waals surface area contributed by atoms with Crippen molar-refractivity contribution in [3.05, 3.63) is 35.7 Å². The number of fused-ring (bicyclic) bond motifs is 1. The van der Waals surface area contributed by atoms with Crippen molar-refractivity contribution >= 4 is 6.34 Å². The largest absolute Gasteiger partial charge is 0.268 e. The molecule has 0 spiro atoms. The van der Waals surface area contributed by atoms with Crippen LogP contribution in [0.1, 0.15) is 6.42 Å². The molecule has 1 aliphatic heterocycles. The molecule has 0 atom stereocenters. The monoisotopic (exact) mass is 147 g/mol. The fourth-order valence-electron chi connectivity index (χ4n) is 1.19. The van der Waals surface area contributed by atoms with Gasteiger partial charge in [0.2, 0.25) is 0 Å². The first-order chi connectivity index (χ1) is 5.38. The predicted octanol–water partition coefficient (Wildman–Crippen LogP) is 0.932. The number of hydrogen-bond donors (Lipinski definition) is 1. The highest BCUT2D eigenvalue weighted by atomic mass is 15.4. The smallest absolute Gasteiger partial charge is 0.109 e. The zero-order valence-electron chi connectivity index (χ0n) is 6.07. The van der Waals surface area contributed by atoms with Crippen molar-refractivity contribution in [1.29, 1.82) is 0 Å². The molecule has 0 aromatic heterocycles. The lowest BCUT2D eigenvalue weighted by atomic mass is 10.0. The molecule has 3 heteroatoms. The SMILES string of the molecule is NN1C=NC=C2CC=CC=C21. The quantitative estimate of drug-likeness (QED) is 0.518. The van der Waals surface area contributed by atoms with Crippen molar-refractivity contribution in [2.75, 3.05) is 0 Å². The first-order valence-electron chi connectivity index (χ1n) is 3.51. The molecule has 0 unspecified atom stereocenters. The minimum absolute atomic E-state index is 0.927. The van der Waals surface area contributed by atoms with Gasteiger partial charge in [0.15, 0.2) is 0 Å². The summed E-state index contributed by atoms with van der Waals surface area (Å²) in [5.74, 6) is 5.63. The molecule has 3 nitrogen and oxygen atoms in total. The van der Waals surface area contributed by atoms with Gasteiger partial charge in [-0.15, -0.1) is 0 Å². The summed E-state index contributed by atoms with van der Waals surface area (Å²) in [7, 11) is 0. The van der Waals surface area contributed by atoms with E-state index in [1.54, 1.807) is 11.3 Å². The number of allylic oxidation sites excluding steroid dienone is 4. The highest BCUT2D eigenvalue weighted by Gasteiger charge is 2.12. The molecule has 2 N–H and O–H groups in total. The number of hydrazine groups is 1.